The second kappa shape index (κ2) is 5.08. The molecule has 0 radical (unpaired) electrons. The predicted molar refractivity (Wildman–Crippen MR) is 70.9 cm³/mol. The van der Waals surface area contributed by atoms with Gasteiger partial charge in [-0.05, 0) is 24.3 Å². The highest BCUT2D eigenvalue weighted by molar-refractivity contribution is 7.80. The summed E-state index contributed by atoms with van der Waals surface area (Å²) in [5.41, 5.74) is 0.367. The Kier molecular flexibility index (Phi) is 3.71. The molecule has 17 heavy (non-hydrogen) atoms. The normalized spacial score (nSPS) is 10.3. The van der Waals surface area contributed by atoms with Crippen molar-refractivity contribution in [3.05, 3.63) is 45.4 Å². The Bertz CT molecular complexity index is 570. The summed E-state index contributed by atoms with van der Waals surface area (Å²) in [6.45, 7) is 0. The van der Waals surface area contributed by atoms with Crippen LogP contribution in [0.1, 0.15) is 9.67 Å². The molecule has 88 valence electrons. The van der Waals surface area contributed by atoms with Crippen molar-refractivity contribution in [3.63, 3.8) is 0 Å². The number of carbonyl (C=O) groups is 1. The Hall–Kier alpha value is -1.04. The van der Waals surface area contributed by atoms with Gasteiger partial charge in [0.05, 0.1) is 9.90 Å². The summed E-state index contributed by atoms with van der Waals surface area (Å²) < 4.78 is 13.1. The summed E-state index contributed by atoms with van der Waals surface area (Å²) in [7, 11) is 0. The van der Waals surface area contributed by atoms with E-state index in [0.717, 1.165) is 4.90 Å². The van der Waals surface area contributed by atoms with Crippen LogP contribution < -0.4 is 5.32 Å². The van der Waals surface area contributed by atoms with E-state index in [4.69, 9.17) is 11.6 Å². The first-order valence-electron chi connectivity index (χ1n) is 4.60. The Morgan fingerprint density at radius 3 is 2.76 bits per heavy atom. The minimum atomic E-state index is -0.564. The van der Waals surface area contributed by atoms with Crippen LogP contribution >= 0.6 is 35.6 Å². The number of hydrogen-bond donors (Lipinski definition) is 2. The molecular formula is C11H7ClFNOS2. The van der Waals surface area contributed by atoms with E-state index in [2.05, 4.69) is 17.9 Å². The molecule has 0 bridgehead atoms. The molecule has 1 aromatic carbocycles. The van der Waals surface area contributed by atoms with E-state index in [0.29, 0.717) is 10.6 Å². The van der Waals surface area contributed by atoms with Crippen LogP contribution in [0.2, 0.25) is 5.02 Å². The van der Waals surface area contributed by atoms with Crippen molar-refractivity contribution in [2.75, 3.05) is 5.32 Å². The fourth-order valence-electron chi connectivity index (χ4n) is 1.21. The number of carbonyl (C=O) groups excluding carboxylic acids is 1. The molecule has 1 amide bonds. The van der Waals surface area contributed by atoms with Gasteiger partial charge in [-0.15, -0.1) is 24.0 Å². The molecule has 0 saturated heterocycles. The average Bonchev–Trinajstić information content (AvgIpc) is 2.70. The van der Waals surface area contributed by atoms with Crippen molar-refractivity contribution in [1.82, 2.24) is 0 Å². The highest BCUT2D eigenvalue weighted by atomic mass is 35.5. The molecule has 2 rings (SSSR count). The molecule has 0 fully saturated rings. The zero-order valence-corrected chi connectivity index (χ0v) is 10.9. The van der Waals surface area contributed by atoms with Crippen molar-refractivity contribution >= 4 is 47.2 Å². The van der Waals surface area contributed by atoms with Crippen LogP contribution in [0.15, 0.2) is 34.5 Å². The van der Waals surface area contributed by atoms with E-state index >= 15 is 0 Å². The number of halogens is 2. The van der Waals surface area contributed by atoms with Gasteiger partial charge in [0.25, 0.3) is 5.91 Å². The summed E-state index contributed by atoms with van der Waals surface area (Å²) in [5.74, 6) is -0.859. The fourth-order valence-corrected chi connectivity index (χ4v) is 2.37. The molecular weight excluding hydrogens is 281 g/mol. The van der Waals surface area contributed by atoms with Crippen molar-refractivity contribution in [2.45, 2.75) is 4.90 Å². The number of rotatable bonds is 2. The number of anilines is 1. The second-order valence-electron chi connectivity index (χ2n) is 3.25. The van der Waals surface area contributed by atoms with Crippen molar-refractivity contribution in [3.8, 4) is 0 Å². The van der Waals surface area contributed by atoms with Crippen molar-refractivity contribution < 1.29 is 9.18 Å². The molecule has 2 nitrogen and oxygen atoms in total. The van der Waals surface area contributed by atoms with Gasteiger partial charge >= 0.3 is 0 Å². The Balaban J connectivity index is 2.15. The first-order valence-corrected chi connectivity index (χ1v) is 6.30. The zero-order chi connectivity index (χ0) is 12.4. The number of amides is 1. The average molecular weight is 288 g/mol. The summed E-state index contributed by atoms with van der Waals surface area (Å²) in [4.78, 5) is 13.0. The lowest BCUT2D eigenvalue weighted by atomic mass is 10.3. The first-order chi connectivity index (χ1) is 8.06. The molecule has 1 heterocycles. The van der Waals surface area contributed by atoms with Gasteiger partial charge in [-0.3, -0.25) is 4.79 Å². The number of nitrogens with one attached hydrogen (secondary N) is 1. The quantitative estimate of drug-likeness (QED) is 0.801. The summed E-state index contributed by atoms with van der Waals surface area (Å²) in [6.07, 6.45) is 0. The van der Waals surface area contributed by atoms with E-state index < -0.39 is 5.82 Å². The topological polar surface area (TPSA) is 29.1 Å². The van der Waals surface area contributed by atoms with Gasteiger partial charge < -0.3 is 5.32 Å². The molecule has 0 aliphatic rings. The van der Waals surface area contributed by atoms with Gasteiger partial charge in [-0.25, -0.2) is 4.39 Å². The van der Waals surface area contributed by atoms with Crippen molar-refractivity contribution in [1.29, 1.82) is 0 Å². The van der Waals surface area contributed by atoms with Gasteiger partial charge in [0.1, 0.15) is 5.82 Å². The molecule has 1 aromatic heterocycles. The molecule has 0 atom stereocenters. The number of thiol groups is 1. The maximum atomic E-state index is 13.1. The zero-order valence-electron chi connectivity index (χ0n) is 8.41. The lowest BCUT2D eigenvalue weighted by molar-refractivity contribution is 0.103. The molecule has 0 spiro atoms. The second-order valence-corrected chi connectivity index (χ2v) is 5.09. The molecule has 2 aromatic rings. The summed E-state index contributed by atoms with van der Waals surface area (Å²) >= 11 is 10.9. The van der Waals surface area contributed by atoms with Crippen LogP contribution in [-0.2, 0) is 0 Å². The van der Waals surface area contributed by atoms with Gasteiger partial charge in [-0.2, -0.15) is 0 Å². The Morgan fingerprint density at radius 2 is 2.18 bits per heavy atom. The summed E-state index contributed by atoms with van der Waals surface area (Å²) in [5, 5.41) is 4.35. The van der Waals surface area contributed by atoms with E-state index in [1.165, 1.54) is 23.5 Å². The van der Waals surface area contributed by atoms with Crippen LogP contribution in [0.3, 0.4) is 0 Å². The third kappa shape index (κ3) is 3.00. The highest BCUT2D eigenvalue weighted by Gasteiger charge is 2.09. The number of hydrogen-bond acceptors (Lipinski definition) is 3. The van der Waals surface area contributed by atoms with Gasteiger partial charge in [0.15, 0.2) is 0 Å². The third-order valence-corrected chi connectivity index (χ3v) is 3.66. The van der Waals surface area contributed by atoms with Crippen LogP contribution in [0.25, 0.3) is 0 Å². The lowest BCUT2D eigenvalue weighted by Crippen LogP contribution is -2.10. The third-order valence-electron chi connectivity index (χ3n) is 1.99. The summed E-state index contributed by atoms with van der Waals surface area (Å²) in [6, 6.07) is 5.76. The van der Waals surface area contributed by atoms with Gasteiger partial charge in [0, 0.05) is 16.0 Å². The van der Waals surface area contributed by atoms with Gasteiger partial charge in [-0.1, -0.05) is 11.6 Å². The Labute approximate surface area is 112 Å². The van der Waals surface area contributed by atoms with Crippen LogP contribution in [-0.4, -0.2) is 5.91 Å². The predicted octanol–water partition coefficient (Wildman–Crippen LogP) is 4.08. The molecule has 0 saturated carbocycles. The van der Waals surface area contributed by atoms with E-state index in [1.54, 1.807) is 17.5 Å². The maximum absolute atomic E-state index is 13.1. The minimum absolute atomic E-state index is 0.0248. The van der Waals surface area contributed by atoms with Crippen LogP contribution in [0.5, 0.6) is 0 Å². The van der Waals surface area contributed by atoms with Crippen LogP contribution in [0, 0.1) is 5.82 Å². The van der Waals surface area contributed by atoms with E-state index in [9.17, 15) is 9.18 Å². The monoisotopic (exact) mass is 287 g/mol. The largest absolute Gasteiger partial charge is 0.321 e. The lowest BCUT2D eigenvalue weighted by Gasteiger charge is -2.04. The van der Waals surface area contributed by atoms with Crippen LogP contribution in [0.4, 0.5) is 10.1 Å². The maximum Gasteiger partial charge on any atom is 0.265 e. The molecule has 6 heteroatoms. The molecule has 0 aliphatic carbocycles. The van der Waals surface area contributed by atoms with E-state index in [1.807, 2.05) is 0 Å². The van der Waals surface area contributed by atoms with Gasteiger partial charge in [0.2, 0.25) is 0 Å². The van der Waals surface area contributed by atoms with E-state index in [-0.39, 0.29) is 10.9 Å². The fraction of sp³-hybridized carbons (Fsp3) is 0. The number of thiophene rings is 1. The molecule has 0 unspecified atom stereocenters. The Morgan fingerprint density at radius 1 is 1.41 bits per heavy atom. The highest BCUT2D eigenvalue weighted by Crippen LogP contribution is 2.21. The minimum Gasteiger partial charge on any atom is -0.321 e. The first kappa shape index (κ1) is 12.4. The van der Waals surface area contributed by atoms with Crippen molar-refractivity contribution in [2.24, 2.45) is 0 Å². The standard InChI is InChI=1S/C11H7ClFNOS2/c12-8-2-1-6(3-9(8)13)14-11(15)10-4-7(16)5-17-10/h1-5,16H,(H,14,15). The molecule has 1 N–H and O–H groups in total. The number of benzene rings is 1. The SMILES string of the molecule is O=C(Nc1ccc(Cl)c(F)c1)c1cc(S)cs1. The molecule has 0 aliphatic heterocycles. The smallest absolute Gasteiger partial charge is 0.265 e.